The van der Waals surface area contributed by atoms with Crippen molar-refractivity contribution in [1.29, 1.82) is 0 Å². The number of nitrogens with one attached hydrogen (secondary N) is 1. The topological polar surface area (TPSA) is 69.4 Å². The van der Waals surface area contributed by atoms with Crippen molar-refractivity contribution in [3.63, 3.8) is 0 Å². The van der Waals surface area contributed by atoms with Crippen LogP contribution >= 0.6 is 0 Å². The monoisotopic (exact) mass is 269 g/mol. The van der Waals surface area contributed by atoms with E-state index in [2.05, 4.69) is 10.4 Å². The molecule has 0 fully saturated rings. The van der Waals surface area contributed by atoms with Gasteiger partial charge in [-0.25, -0.2) is 13.8 Å². The van der Waals surface area contributed by atoms with Gasteiger partial charge in [-0.15, -0.1) is 0 Å². The SMILES string of the molecule is COc1cc2nc(C(F)F)cc(NN)c2cc1OC. The fourth-order valence-corrected chi connectivity index (χ4v) is 1.80. The number of hydrogen-bond donors (Lipinski definition) is 2. The first-order chi connectivity index (χ1) is 9.10. The van der Waals surface area contributed by atoms with Gasteiger partial charge in [-0.3, -0.25) is 5.84 Å². The fraction of sp³-hybridized carbons (Fsp3) is 0.250. The summed E-state index contributed by atoms with van der Waals surface area (Å²) in [6.07, 6.45) is -2.68. The molecular formula is C12H13F2N3O2. The zero-order valence-electron chi connectivity index (χ0n) is 10.4. The lowest BCUT2D eigenvalue weighted by Gasteiger charge is -2.12. The third kappa shape index (κ3) is 2.37. The first kappa shape index (κ1) is 13.3. The minimum Gasteiger partial charge on any atom is -0.493 e. The number of nitrogens with two attached hydrogens (primary N) is 1. The third-order valence-corrected chi connectivity index (χ3v) is 2.71. The zero-order valence-corrected chi connectivity index (χ0v) is 10.4. The van der Waals surface area contributed by atoms with E-state index in [1.807, 2.05) is 0 Å². The highest BCUT2D eigenvalue weighted by Crippen LogP contribution is 2.35. The van der Waals surface area contributed by atoms with Crippen molar-refractivity contribution >= 4 is 16.6 Å². The van der Waals surface area contributed by atoms with Crippen LogP contribution in [0.4, 0.5) is 14.5 Å². The van der Waals surface area contributed by atoms with Gasteiger partial charge in [0, 0.05) is 11.5 Å². The van der Waals surface area contributed by atoms with Crippen LogP contribution < -0.4 is 20.7 Å². The molecule has 0 aliphatic carbocycles. The minimum absolute atomic E-state index is 0.348. The summed E-state index contributed by atoms with van der Waals surface area (Å²) in [5.74, 6) is 6.24. The van der Waals surface area contributed by atoms with E-state index in [0.29, 0.717) is 28.1 Å². The van der Waals surface area contributed by atoms with Crippen LogP contribution in [0.2, 0.25) is 0 Å². The first-order valence-corrected chi connectivity index (χ1v) is 5.42. The third-order valence-electron chi connectivity index (χ3n) is 2.71. The van der Waals surface area contributed by atoms with Gasteiger partial charge in [0.1, 0.15) is 5.69 Å². The molecule has 19 heavy (non-hydrogen) atoms. The zero-order chi connectivity index (χ0) is 14.0. The van der Waals surface area contributed by atoms with Gasteiger partial charge in [0.25, 0.3) is 6.43 Å². The number of aromatic nitrogens is 1. The number of anilines is 1. The summed E-state index contributed by atoms with van der Waals surface area (Å²) in [5.41, 5.74) is 2.73. The summed E-state index contributed by atoms with van der Waals surface area (Å²) in [6.45, 7) is 0. The van der Waals surface area contributed by atoms with E-state index in [1.54, 1.807) is 6.07 Å². The van der Waals surface area contributed by atoms with Gasteiger partial charge in [0.05, 0.1) is 25.4 Å². The number of nitrogen functional groups attached to an aromatic ring is 1. The molecule has 0 spiro atoms. The van der Waals surface area contributed by atoms with Gasteiger partial charge >= 0.3 is 0 Å². The van der Waals surface area contributed by atoms with Crippen molar-refractivity contribution in [3.8, 4) is 11.5 Å². The number of methoxy groups -OCH3 is 2. The maximum absolute atomic E-state index is 12.8. The second kappa shape index (κ2) is 5.23. The molecule has 1 heterocycles. The summed E-state index contributed by atoms with van der Waals surface area (Å²) in [4.78, 5) is 3.89. The van der Waals surface area contributed by atoms with E-state index in [9.17, 15) is 8.78 Å². The molecule has 2 rings (SSSR count). The Kier molecular flexibility index (Phi) is 3.66. The van der Waals surface area contributed by atoms with Crippen LogP contribution in [-0.2, 0) is 0 Å². The molecule has 0 radical (unpaired) electrons. The first-order valence-electron chi connectivity index (χ1n) is 5.42. The van der Waals surface area contributed by atoms with Crippen LogP contribution in [0.3, 0.4) is 0 Å². The number of hydrazine groups is 1. The van der Waals surface area contributed by atoms with Gasteiger partial charge in [0.15, 0.2) is 11.5 Å². The van der Waals surface area contributed by atoms with E-state index in [-0.39, 0.29) is 5.69 Å². The number of fused-ring (bicyclic) bond motifs is 1. The van der Waals surface area contributed by atoms with E-state index >= 15 is 0 Å². The number of ether oxygens (including phenoxy) is 2. The lowest BCUT2D eigenvalue weighted by Crippen LogP contribution is -2.09. The van der Waals surface area contributed by atoms with Crippen molar-refractivity contribution in [3.05, 3.63) is 23.9 Å². The Morgan fingerprint density at radius 1 is 1.16 bits per heavy atom. The van der Waals surface area contributed by atoms with Crippen LogP contribution in [0.1, 0.15) is 12.1 Å². The van der Waals surface area contributed by atoms with Gasteiger partial charge < -0.3 is 14.9 Å². The van der Waals surface area contributed by atoms with Crippen LogP contribution in [-0.4, -0.2) is 19.2 Å². The Hall–Kier alpha value is -2.15. The highest BCUT2D eigenvalue weighted by atomic mass is 19.3. The van der Waals surface area contributed by atoms with Crippen LogP contribution in [0.5, 0.6) is 11.5 Å². The Balaban J connectivity index is 2.75. The molecule has 2 aromatic rings. The van der Waals surface area contributed by atoms with Gasteiger partial charge in [0.2, 0.25) is 0 Å². The summed E-state index contributed by atoms with van der Waals surface area (Å²) in [7, 11) is 2.95. The smallest absolute Gasteiger partial charge is 0.280 e. The van der Waals surface area contributed by atoms with Crippen LogP contribution in [0, 0.1) is 0 Å². The number of hydrogen-bond acceptors (Lipinski definition) is 5. The van der Waals surface area contributed by atoms with Crippen molar-refractivity contribution in [2.75, 3.05) is 19.6 Å². The number of pyridine rings is 1. The largest absolute Gasteiger partial charge is 0.493 e. The maximum atomic E-state index is 12.8. The Morgan fingerprint density at radius 3 is 2.32 bits per heavy atom. The highest BCUT2D eigenvalue weighted by Gasteiger charge is 2.15. The highest BCUT2D eigenvalue weighted by molar-refractivity contribution is 5.93. The van der Waals surface area contributed by atoms with Crippen molar-refractivity contribution < 1.29 is 18.3 Å². The normalized spacial score (nSPS) is 10.8. The van der Waals surface area contributed by atoms with Crippen molar-refractivity contribution in [2.24, 2.45) is 5.84 Å². The second-order valence-corrected chi connectivity index (χ2v) is 3.76. The molecule has 0 amide bonds. The quantitative estimate of drug-likeness (QED) is 0.659. The van der Waals surface area contributed by atoms with E-state index < -0.39 is 6.43 Å². The molecule has 1 aromatic carbocycles. The lowest BCUT2D eigenvalue weighted by atomic mass is 10.1. The summed E-state index contributed by atoms with van der Waals surface area (Å²) in [6, 6.07) is 4.37. The van der Waals surface area contributed by atoms with Crippen molar-refractivity contribution in [1.82, 2.24) is 4.98 Å². The van der Waals surface area contributed by atoms with Crippen LogP contribution in [0.25, 0.3) is 10.9 Å². The molecular weight excluding hydrogens is 256 g/mol. The average Bonchev–Trinajstić information content (AvgIpc) is 2.44. The summed E-state index contributed by atoms with van der Waals surface area (Å²) >= 11 is 0. The maximum Gasteiger partial charge on any atom is 0.280 e. The summed E-state index contributed by atoms with van der Waals surface area (Å²) < 4.78 is 35.8. The van der Waals surface area contributed by atoms with Gasteiger partial charge in [-0.1, -0.05) is 0 Å². The predicted octanol–water partition coefficient (Wildman–Crippen LogP) is 2.48. The fourth-order valence-electron chi connectivity index (χ4n) is 1.80. The van der Waals surface area contributed by atoms with Gasteiger partial charge in [-0.05, 0) is 12.1 Å². The molecule has 7 heteroatoms. The Bertz CT molecular complexity index is 605. The van der Waals surface area contributed by atoms with E-state index in [1.165, 1.54) is 26.4 Å². The molecule has 0 atom stereocenters. The van der Waals surface area contributed by atoms with E-state index in [4.69, 9.17) is 15.3 Å². The molecule has 0 aliphatic rings. The minimum atomic E-state index is -2.68. The molecule has 0 unspecified atom stereocenters. The molecule has 1 aromatic heterocycles. The molecule has 0 saturated carbocycles. The molecule has 0 bridgehead atoms. The number of benzene rings is 1. The predicted molar refractivity (Wildman–Crippen MR) is 67.6 cm³/mol. The lowest BCUT2D eigenvalue weighted by molar-refractivity contribution is 0.146. The number of alkyl halides is 2. The standard InChI is InChI=1S/C12H13F2N3O2/c1-18-10-3-6-7(5-11(10)19-2)16-9(12(13)14)4-8(6)17-15/h3-5,12H,15H2,1-2H3,(H,16,17). The molecule has 0 aliphatic heterocycles. The average molecular weight is 269 g/mol. The Labute approximate surface area is 108 Å². The van der Waals surface area contributed by atoms with Crippen LogP contribution in [0.15, 0.2) is 18.2 Å². The molecule has 5 nitrogen and oxygen atoms in total. The number of halogens is 2. The number of rotatable bonds is 4. The Morgan fingerprint density at radius 2 is 1.79 bits per heavy atom. The van der Waals surface area contributed by atoms with Gasteiger partial charge in [-0.2, -0.15) is 0 Å². The number of nitrogens with zero attached hydrogens (tertiary/aromatic N) is 1. The van der Waals surface area contributed by atoms with E-state index in [0.717, 1.165) is 0 Å². The summed E-state index contributed by atoms with van der Waals surface area (Å²) in [5, 5.41) is 0.574. The molecule has 102 valence electrons. The second-order valence-electron chi connectivity index (χ2n) is 3.76. The molecule has 0 saturated heterocycles. The molecule has 3 N–H and O–H groups in total. The van der Waals surface area contributed by atoms with Crippen molar-refractivity contribution in [2.45, 2.75) is 6.43 Å².